The Bertz CT molecular complexity index is 728. The third-order valence-corrected chi connectivity index (χ3v) is 5.12. The second-order valence-corrected chi connectivity index (χ2v) is 6.78. The molecule has 0 spiro atoms. The van der Waals surface area contributed by atoms with Crippen molar-refractivity contribution in [2.75, 3.05) is 33.4 Å². The number of carbonyl (C=O) groups is 3. The fraction of sp³-hybridized carbons (Fsp3) is 0.526. The largest absolute Gasteiger partial charge is 0.486 e. The van der Waals surface area contributed by atoms with E-state index in [0.29, 0.717) is 56.2 Å². The fourth-order valence-corrected chi connectivity index (χ4v) is 3.43. The molecule has 1 aromatic carbocycles. The van der Waals surface area contributed by atoms with Gasteiger partial charge in [-0.15, -0.1) is 0 Å². The van der Waals surface area contributed by atoms with Gasteiger partial charge in [0.2, 0.25) is 5.91 Å². The van der Waals surface area contributed by atoms with Gasteiger partial charge in [0.1, 0.15) is 13.2 Å². The second kappa shape index (κ2) is 8.39. The maximum absolute atomic E-state index is 12.8. The number of ketones is 1. The molecule has 3 rings (SSSR count). The van der Waals surface area contributed by atoms with Crippen molar-refractivity contribution in [3.63, 3.8) is 0 Å². The highest BCUT2D eigenvalue weighted by atomic mass is 16.6. The Labute approximate surface area is 158 Å². The first kappa shape index (κ1) is 19.2. The van der Waals surface area contributed by atoms with E-state index in [1.165, 1.54) is 7.05 Å². The van der Waals surface area contributed by atoms with Crippen molar-refractivity contribution in [1.82, 2.24) is 15.5 Å². The Balaban J connectivity index is 1.56. The molecule has 1 fully saturated rings. The average Bonchev–Trinajstić information content (AvgIpc) is 2.72. The lowest BCUT2D eigenvalue weighted by Gasteiger charge is -2.34. The van der Waals surface area contributed by atoms with E-state index in [1.807, 2.05) is 4.90 Å². The molecular formula is C19H25N3O5. The highest BCUT2D eigenvalue weighted by Gasteiger charge is 2.31. The number of ether oxygens (including phenoxy) is 2. The number of rotatable bonds is 4. The molecule has 8 nitrogen and oxygen atoms in total. The molecule has 0 saturated carbocycles. The van der Waals surface area contributed by atoms with Crippen molar-refractivity contribution in [3.05, 3.63) is 23.8 Å². The Morgan fingerprint density at radius 1 is 1.11 bits per heavy atom. The van der Waals surface area contributed by atoms with Crippen LogP contribution in [0.3, 0.4) is 0 Å². The Kier molecular flexibility index (Phi) is 5.95. The smallest absolute Gasteiger partial charge is 0.321 e. The van der Waals surface area contributed by atoms with Crippen LogP contribution in [0.4, 0.5) is 4.79 Å². The summed E-state index contributed by atoms with van der Waals surface area (Å²) >= 11 is 0. The third kappa shape index (κ3) is 4.39. The lowest BCUT2D eigenvalue weighted by molar-refractivity contribution is -0.125. The van der Waals surface area contributed by atoms with E-state index >= 15 is 0 Å². The third-order valence-electron chi connectivity index (χ3n) is 5.12. The van der Waals surface area contributed by atoms with Crippen LogP contribution in [0, 0.1) is 5.92 Å². The molecule has 27 heavy (non-hydrogen) atoms. The molecule has 146 valence electrons. The van der Waals surface area contributed by atoms with E-state index < -0.39 is 12.1 Å². The van der Waals surface area contributed by atoms with Crippen LogP contribution in [-0.2, 0) is 4.79 Å². The van der Waals surface area contributed by atoms with Gasteiger partial charge in [0.25, 0.3) is 0 Å². The summed E-state index contributed by atoms with van der Waals surface area (Å²) < 4.78 is 11.0. The molecule has 0 aromatic heterocycles. The summed E-state index contributed by atoms with van der Waals surface area (Å²) in [6, 6.07) is 4.37. The number of nitrogens with one attached hydrogen (secondary N) is 2. The Morgan fingerprint density at radius 3 is 2.44 bits per heavy atom. The first-order chi connectivity index (χ1) is 13.0. The van der Waals surface area contributed by atoms with Crippen LogP contribution in [-0.4, -0.2) is 62.0 Å². The zero-order valence-electron chi connectivity index (χ0n) is 15.6. The monoisotopic (exact) mass is 375 g/mol. The van der Waals surface area contributed by atoms with E-state index in [-0.39, 0.29) is 17.6 Å². The molecule has 0 bridgehead atoms. The minimum absolute atomic E-state index is 0.0852. The molecule has 0 aliphatic carbocycles. The fourth-order valence-electron chi connectivity index (χ4n) is 3.43. The number of fused-ring (bicyclic) bond motifs is 1. The van der Waals surface area contributed by atoms with Crippen molar-refractivity contribution in [2.45, 2.75) is 25.8 Å². The number of benzene rings is 1. The van der Waals surface area contributed by atoms with Crippen LogP contribution in [0.15, 0.2) is 18.2 Å². The van der Waals surface area contributed by atoms with Gasteiger partial charge < -0.3 is 14.8 Å². The number of Topliss-reactive ketones (excluding diaryl/α,β-unsaturated/α-hetero) is 1. The molecule has 2 aliphatic rings. The van der Waals surface area contributed by atoms with Gasteiger partial charge in [0.15, 0.2) is 17.3 Å². The van der Waals surface area contributed by atoms with E-state index in [1.54, 1.807) is 25.1 Å². The predicted octanol–water partition coefficient (Wildman–Crippen LogP) is 1.20. The molecule has 0 unspecified atom stereocenters. The van der Waals surface area contributed by atoms with Gasteiger partial charge >= 0.3 is 6.03 Å². The SMILES string of the molecule is CNC(=O)NC(=O)[C@@H](C)N1CCC(C(=O)c2ccc3c(c2)OCCO3)CC1. The number of nitrogens with zero attached hydrogens (tertiary/aromatic N) is 1. The van der Waals surface area contributed by atoms with Gasteiger partial charge in [-0.05, 0) is 51.1 Å². The van der Waals surface area contributed by atoms with Crippen molar-refractivity contribution < 1.29 is 23.9 Å². The molecule has 1 atom stereocenters. The summed E-state index contributed by atoms with van der Waals surface area (Å²) in [4.78, 5) is 38.2. The molecule has 1 saturated heterocycles. The number of hydrogen-bond donors (Lipinski definition) is 2. The molecule has 8 heteroatoms. The van der Waals surface area contributed by atoms with Gasteiger partial charge in [-0.25, -0.2) is 4.79 Å². The average molecular weight is 375 g/mol. The number of amides is 3. The van der Waals surface area contributed by atoms with Crippen LogP contribution >= 0.6 is 0 Å². The van der Waals surface area contributed by atoms with Crippen LogP contribution < -0.4 is 20.1 Å². The zero-order chi connectivity index (χ0) is 19.4. The highest BCUT2D eigenvalue weighted by molar-refractivity contribution is 5.99. The number of hydrogen-bond acceptors (Lipinski definition) is 6. The maximum atomic E-state index is 12.8. The van der Waals surface area contributed by atoms with Crippen LogP contribution in [0.5, 0.6) is 11.5 Å². The Hall–Kier alpha value is -2.61. The van der Waals surface area contributed by atoms with Crippen LogP contribution in [0.1, 0.15) is 30.1 Å². The number of carbonyl (C=O) groups excluding carboxylic acids is 3. The van der Waals surface area contributed by atoms with E-state index in [0.717, 1.165) is 0 Å². The highest BCUT2D eigenvalue weighted by Crippen LogP contribution is 2.32. The lowest BCUT2D eigenvalue weighted by atomic mass is 9.88. The summed E-state index contributed by atoms with van der Waals surface area (Å²) in [6.45, 7) is 4.03. The second-order valence-electron chi connectivity index (χ2n) is 6.78. The molecule has 3 amide bonds. The summed E-state index contributed by atoms with van der Waals surface area (Å²) in [5.74, 6) is 0.950. The quantitative estimate of drug-likeness (QED) is 0.768. The molecular weight excluding hydrogens is 350 g/mol. The van der Waals surface area contributed by atoms with Crippen molar-refractivity contribution in [2.24, 2.45) is 5.92 Å². The Morgan fingerprint density at radius 2 is 1.78 bits per heavy atom. The summed E-state index contributed by atoms with van der Waals surface area (Å²) in [6.07, 6.45) is 1.34. The first-order valence-corrected chi connectivity index (χ1v) is 9.20. The first-order valence-electron chi connectivity index (χ1n) is 9.20. The van der Waals surface area contributed by atoms with Gasteiger partial charge in [-0.1, -0.05) is 0 Å². The van der Waals surface area contributed by atoms with Crippen molar-refractivity contribution in [3.8, 4) is 11.5 Å². The van der Waals surface area contributed by atoms with Crippen molar-refractivity contribution >= 4 is 17.7 Å². The normalized spacial score (nSPS) is 18.4. The minimum Gasteiger partial charge on any atom is -0.486 e. The maximum Gasteiger partial charge on any atom is 0.321 e. The predicted molar refractivity (Wildman–Crippen MR) is 98.1 cm³/mol. The number of likely N-dealkylation sites (tertiary alicyclic amines) is 1. The molecule has 2 heterocycles. The van der Waals surface area contributed by atoms with Crippen LogP contribution in [0.2, 0.25) is 0 Å². The van der Waals surface area contributed by atoms with E-state index in [9.17, 15) is 14.4 Å². The van der Waals surface area contributed by atoms with E-state index in [4.69, 9.17) is 9.47 Å². The van der Waals surface area contributed by atoms with Gasteiger partial charge in [-0.3, -0.25) is 19.8 Å². The number of piperidine rings is 1. The minimum atomic E-state index is -0.518. The zero-order valence-corrected chi connectivity index (χ0v) is 15.6. The topological polar surface area (TPSA) is 97.0 Å². The molecule has 2 aliphatic heterocycles. The van der Waals surface area contributed by atoms with Gasteiger partial charge in [-0.2, -0.15) is 0 Å². The standard InChI is InChI=1S/C19H25N3O5/c1-12(18(24)21-19(25)20-2)22-7-5-13(6-8-22)17(23)14-3-4-15-16(11-14)27-10-9-26-15/h3-4,11-13H,5-10H2,1-2H3,(H2,20,21,24,25)/t12-/m1/s1. The summed E-state index contributed by atoms with van der Waals surface area (Å²) in [5.41, 5.74) is 0.628. The van der Waals surface area contributed by atoms with Crippen molar-refractivity contribution in [1.29, 1.82) is 0 Å². The van der Waals surface area contributed by atoms with Gasteiger partial charge in [0, 0.05) is 18.5 Å². The van der Waals surface area contributed by atoms with Crippen LogP contribution in [0.25, 0.3) is 0 Å². The molecule has 2 N–H and O–H groups in total. The van der Waals surface area contributed by atoms with Gasteiger partial charge in [0.05, 0.1) is 6.04 Å². The summed E-state index contributed by atoms with van der Waals surface area (Å²) in [5, 5.41) is 4.65. The van der Waals surface area contributed by atoms with E-state index in [2.05, 4.69) is 10.6 Å². The number of imide groups is 1. The molecule has 1 aromatic rings. The lowest BCUT2D eigenvalue weighted by Crippen LogP contribution is -2.51. The molecule has 0 radical (unpaired) electrons. The number of urea groups is 1. The summed E-state index contributed by atoms with van der Waals surface area (Å²) in [7, 11) is 1.46.